The number of benzene rings is 2. The fraction of sp³-hybridized carbons (Fsp3) is 0.278. The van der Waals surface area contributed by atoms with Crippen molar-refractivity contribution in [3.63, 3.8) is 0 Å². The number of carbonyl (C=O) groups excluding carboxylic acids is 1. The summed E-state index contributed by atoms with van der Waals surface area (Å²) in [6.45, 7) is 3.68. The Morgan fingerprint density at radius 1 is 1.22 bits per heavy atom. The highest BCUT2D eigenvalue weighted by Crippen LogP contribution is 2.18. The van der Waals surface area contributed by atoms with Gasteiger partial charge in [-0.05, 0) is 43.2 Å². The summed E-state index contributed by atoms with van der Waals surface area (Å²) in [6.07, 6.45) is 0. The maximum absolute atomic E-state index is 13.6. The highest BCUT2D eigenvalue weighted by molar-refractivity contribution is 5.94. The van der Waals surface area contributed by atoms with E-state index in [2.05, 4.69) is 5.32 Å². The lowest BCUT2D eigenvalue weighted by atomic mass is 10.1. The van der Waals surface area contributed by atoms with E-state index in [-0.39, 0.29) is 31.5 Å². The first kappa shape index (κ1) is 17.0. The van der Waals surface area contributed by atoms with Crippen molar-refractivity contribution in [3.05, 3.63) is 64.5 Å². The third kappa shape index (κ3) is 4.29. The number of halogens is 1. The number of hydrogen-bond donors (Lipinski definition) is 2. The molecule has 0 saturated heterocycles. The van der Waals surface area contributed by atoms with Crippen molar-refractivity contribution in [3.8, 4) is 5.75 Å². The van der Waals surface area contributed by atoms with Gasteiger partial charge in [-0.25, -0.2) is 4.39 Å². The number of hydrogen-bond acceptors (Lipinski definition) is 3. The Morgan fingerprint density at radius 3 is 2.52 bits per heavy atom. The van der Waals surface area contributed by atoms with E-state index in [1.165, 1.54) is 12.1 Å². The molecule has 4 nitrogen and oxygen atoms in total. The summed E-state index contributed by atoms with van der Waals surface area (Å²) in [4.78, 5) is 12.2. The van der Waals surface area contributed by atoms with Crippen LogP contribution in [0.1, 0.15) is 27.0 Å². The molecule has 0 saturated carbocycles. The number of ether oxygens (including phenoxy) is 1. The van der Waals surface area contributed by atoms with Gasteiger partial charge in [-0.3, -0.25) is 4.79 Å². The van der Waals surface area contributed by atoms with Gasteiger partial charge in [0, 0.05) is 17.7 Å². The van der Waals surface area contributed by atoms with E-state index < -0.39 is 0 Å². The minimum Gasteiger partial charge on any atom is -0.491 e. The molecule has 0 aromatic heterocycles. The van der Waals surface area contributed by atoms with Crippen LogP contribution in [0.3, 0.4) is 0 Å². The van der Waals surface area contributed by atoms with Crippen molar-refractivity contribution in [2.75, 3.05) is 13.2 Å². The largest absolute Gasteiger partial charge is 0.491 e. The van der Waals surface area contributed by atoms with Crippen LogP contribution in [-0.4, -0.2) is 24.2 Å². The summed E-state index contributed by atoms with van der Waals surface area (Å²) in [7, 11) is 0. The maximum atomic E-state index is 13.6. The Bertz CT molecular complexity index is 677. The van der Waals surface area contributed by atoms with Crippen LogP contribution >= 0.6 is 0 Å². The average Bonchev–Trinajstić information content (AvgIpc) is 2.55. The van der Waals surface area contributed by atoms with E-state index in [0.29, 0.717) is 22.4 Å². The molecular weight excluding hydrogens is 297 g/mol. The monoisotopic (exact) mass is 317 g/mol. The summed E-state index contributed by atoms with van der Waals surface area (Å²) < 4.78 is 19.1. The molecule has 122 valence electrons. The lowest BCUT2D eigenvalue weighted by Crippen LogP contribution is -2.23. The maximum Gasteiger partial charge on any atom is 0.251 e. The summed E-state index contributed by atoms with van der Waals surface area (Å²) in [6, 6.07) is 10.4. The van der Waals surface area contributed by atoms with Crippen molar-refractivity contribution in [2.24, 2.45) is 0 Å². The number of aliphatic hydroxyl groups excluding tert-OH is 1. The highest BCUT2D eigenvalue weighted by atomic mass is 19.1. The number of amides is 1. The molecule has 23 heavy (non-hydrogen) atoms. The van der Waals surface area contributed by atoms with Crippen LogP contribution in [0.5, 0.6) is 5.75 Å². The Labute approximate surface area is 134 Å². The van der Waals surface area contributed by atoms with Gasteiger partial charge in [-0.15, -0.1) is 0 Å². The molecule has 0 aliphatic heterocycles. The van der Waals surface area contributed by atoms with Crippen molar-refractivity contribution in [1.82, 2.24) is 5.32 Å². The van der Waals surface area contributed by atoms with Crippen molar-refractivity contribution in [1.29, 1.82) is 0 Å². The van der Waals surface area contributed by atoms with Gasteiger partial charge >= 0.3 is 0 Å². The zero-order valence-electron chi connectivity index (χ0n) is 13.2. The summed E-state index contributed by atoms with van der Waals surface area (Å²) in [5.41, 5.74) is 2.13. The van der Waals surface area contributed by atoms with Crippen LogP contribution in [0, 0.1) is 19.7 Å². The minimum absolute atomic E-state index is 0.0746. The van der Waals surface area contributed by atoms with E-state index >= 15 is 0 Å². The van der Waals surface area contributed by atoms with Crippen LogP contribution in [0.4, 0.5) is 4.39 Å². The zero-order valence-corrected chi connectivity index (χ0v) is 13.2. The molecule has 2 aromatic carbocycles. The van der Waals surface area contributed by atoms with Crippen LogP contribution in [0.2, 0.25) is 0 Å². The zero-order chi connectivity index (χ0) is 16.8. The Kier molecular flexibility index (Phi) is 5.71. The van der Waals surface area contributed by atoms with E-state index in [0.717, 1.165) is 5.56 Å². The molecule has 5 heteroatoms. The predicted octanol–water partition coefficient (Wildman–Crippen LogP) is 2.74. The molecule has 0 aliphatic rings. The summed E-state index contributed by atoms with van der Waals surface area (Å²) >= 11 is 0. The molecule has 0 atom stereocenters. The second-order valence-corrected chi connectivity index (χ2v) is 5.29. The second kappa shape index (κ2) is 7.74. The fourth-order valence-corrected chi connectivity index (χ4v) is 2.30. The van der Waals surface area contributed by atoms with E-state index in [1.807, 2.05) is 18.2 Å². The topological polar surface area (TPSA) is 58.6 Å². The standard InChI is InChI=1S/C18H20FNO3/c1-12-9-15(10-13(2)17(12)19)18(22)20-11-14-5-3-4-6-16(14)23-8-7-21/h3-6,9-10,21H,7-8,11H2,1-2H3,(H,20,22). The molecule has 0 fully saturated rings. The van der Waals surface area contributed by atoms with Gasteiger partial charge in [-0.2, -0.15) is 0 Å². The third-order valence-corrected chi connectivity index (χ3v) is 3.46. The van der Waals surface area contributed by atoms with Gasteiger partial charge in [0.2, 0.25) is 0 Å². The summed E-state index contributed by atoms with van der Waals surface area (Å²) in [5.74, 6) is 0.0609. The SMILES string of the molecule is Cc1cc(C(=O)NCc2ccccc2OCCO)cc(C)c1F. The van der Waals surface area contributed by atoms with Crippen LogP contribution in [-0.2, 0) is 6.54 Å². The first-order valence-corrected chi connectivity index (χ1v) is 7.39. The van der Waals surface area contributed by atoms with Crippen LogP contribution in [0.25, 0.3) is 0 Å². The van der Waals surface area contributed by atoms with Gasteiger partial charge in [0.25, 0.3) is 5.91 Å². The van der Waals surface area contributed by atoms with E-state index in [4.69, 9.17) is 9.84 Å². The first-order chi connectivity index (χ1) is 11.0. The molecule has 0 bridgehead atoms. The van der Waals surface area contributed by atoms with Gasteiger partial charge < -0.3 is 15.2 Å². The van der Waals surface area contributed by atoms with E-state index in [1.54, 1.807) is 19.9 Å². The quantitative estimate of drug-likeness (QED) is 0.861. The lowest BCUT2D eigenvalue weighted by molar-refractivity contribution is 0.0950. The molecule has 2 N–H and O–H groups in total. The van der Waals surface area contributed by atoms with Crippen LogP contribution in [0.15, 0.2) is 36.4 Å². The smallest absolute Gasteiger partial charge is 0.251 e. The van der Waals surface area contributed by atoms with Crippen molar-refractivity contribution in [2.45, 2.75) is 20.4 Å². The average molecular weight is 317 g/mol. The number of para-hydroxylation sites is 1. The molecule has 2 aromatic rings. The molecular formula is C18H20FNO3. The van der Waals surface area contributed by atoms with Crippen molar-refractivity contribution < 1.29 is 19.0 Å². The normalized spacial score (nSPS) is 10.4. The summed E-state index contributed by atoms with van der Waals surface area (Å²) in [5, 5.41) is 11.6. The Hall–Kier alpha value is -2.40. The number of nitrogens with one attached hydrogen (secondary N) is 1. The Morgan fingerprint density at radius 2 is 1.87 bits per heavy atom. The minimum atomic E-state index is -0.288. The van der Waals surface area contributed by atoms with Crippen molar-refractivity contribution >= 4 is 5.91 Å². The van der Waals surface area contributed by atoms with Gasteiger partial charge in [0.1, 0.15) is 18.2 Å². The molecule has 0 spiro atoms. The van der Waals surface area contributed by atoms with Gasteiger partial charge in [0.15, 0.2) is 0 Å². The lowest BCUT2D eigenvalue weighted by Gasteiger charge is -2.12. The number of carbonyl (C=O) groups is 1. The Balaban J connectivity index is 2.08. The second-order valence-electron chi connectivity index (χ2n) is 5.29. The fourth-order valence-electron chi connectivity index (χ4n) is 2.30. The number of aliphatic hydroxyl groups is 1. The van der Waals surface area contributed by atoms with Gasteiger partial charge in [0.05, 0.1) is 6.61 Å². The van der Waals surface area contributed by atoms with Crippen LogP contribution < -0.4 is 10.1 Å². The predicted molar refractivity (Wildman–Crippen MR) is 86.1 cm³/mol. The molecule has 0 heterocycles. The van der Waals surface area contributed by atoms with E-state index in [9.17, 15) is 9.18 Å². The highest BCUT2D eigenvalue weighted by Gasteiger charge is 2.11. The first-order valence-electron chi connectivity index (χ1n) is 7.39. The number of rotatable bonds is 6. The number of aryl methyl sites for hydroxylation is 2. The molecule has 0 aliphatic carbocycles. The molecule has 2 rings (SSSR count). The molecule has 0 unspecified atom stereocenters. The molecule has 0 radical (unpaired) electrons. The third-order valence-electron chi connectivity index (χ3n) is 3.46. The molecule has 1 amide bonds. The van der Waals surface area contributed by atoms with Gasteiger partial charge in [-0.1, -0.05) is 18.2 Å².